The second-order valence-electron chi connectivity index (χ2n) is 6.04. The summed E-state index contributed by atoms with van der Waals surface area (Å²) >= 11 is 0. The SMILES string of the molecule is CC1(C)CC(=O)C(CCC(=O)OC(=O)c2ccccc2)C(=O)O1. The highest BCUT2D eigenvalue weighted by Gasteiger charge is 2.41. The quantitative estimate of drug-likeness (QED) is 0.624. The fraction of sp³-hybridized carbons (Fsp3) is 0.412. The van der Waals surface area contributed by atoms with E-state index in [1.165, 1.54) is 12.1 Å². The molecule has 0 aromatic heterocycles. The van der Waals surface area contributed by atoms with Crippen molar-refractivity contribution in [1.29, 1.82) is 0 Å². The normalized spacial score (nSPS) is 19.8. The van der Waals surface area contributed by atoms with E-state index in [0.29, 0.717) is 0 Å². The molecule has 0 N–H and O–H groups in total. The minimum absolute atomic E-state index is 0.0192. The van der Waals surface area contributed by atoms with Gasteiger partial charge in [0.05, 0.1) is 5.56 Å². The zero-order valence-corrected chi connectivity index (χ0v) is 13.0. The maximum Gasteiger partial charge on any atom is 0.345 e. The van der Waals surface area contributed by atoms with Crippen LogP contribution in [0.15, 0.2) is 30.3 Å². The Morgan fingerprint density at radius 1 is 1.22 bits per heavy atom. The van der Waals surface area contributed by atoms with Crippen molar-refractivity contribution in [3.63, 3.8) is 0 Å². The van der Waals surface area contributed by atoms with Gasteiger partial charge in [-0.25, -0.2) is 4.79 Å². The Labute approximate surface area is 133 Å². The fourth-order valence-electron chi connectivity index (χ4n) is 2.38. The summed E-state index contributed by atoms with van der Waals surface area (Å²) in [4.78, 5) is 47.2. The number of hydrogen-bond donors (Lipinski definition) is 0. The number of carbonyl (C=O) groups excluding carboxylic acids is 4. The maximum atomic E-state index is 12.0. The Morgan fingerprint density at radius 3 is 2.48 bits per heavy atom. The van der Waals surface area contributed by atoms with Crippen molar-refractivity contribution in [1.82, 2.24) is 0 Å². The molecular formula is C17H18O6. The van der Waals surface area contributed by atoms with Crippen molar-refractivity contribution < 1.29 is 28.7 Å². The van der Waals surface area contributed by atoms with Gasteiger partial charge in [0.25, 0.3) is 0 Å². The van der Waals surface area contributed by atoms with Gasteiger partial charge in [-0.05, 0) is 32.4 Å². The number of benzene rings is 1. The summed E-state index contributed by atoms with van der Waals surface area (Å²) in [5, 5.41) is 0. The molecule has 0 radical (unpaired) electrons. The maximum absolute atomic E-state index is 12.0. The highest BCUT2D eigenvalue weighted by atomic mass is 16.6. The van der Waals surface area contributed by atoms with Gasteiger partial charge in [-0.15, -0.1) is 0 Å². The van der Waals surface area contributed by atoms with Gasteiger partial charge in [-0.3, -0.25) is 14.4 Å². The lowest BCUT2D eigenvalue weighted by atomic mass is 9.87. The molecule has 6 nitrogen and oxygen atoms in total. The molecule has 1 aromatic carbocycles. The molecule has 6 heteroatoms. The van der Waals surface area contributed by atoms with E-state index in [0.717, 1.165) is 0 Å². The molecule has 122 valence electrons. The minimum Gasteiger partial charge on any atom is -0.459 e. The Hall–Kier alpha value is -2.50. The van der Waals surface area contributed by atoms with Gasteiger partial charge in [-0.1, -0.05) is 18.2 Å². The fourth-order valence-corrected chi connectivity index (χ4v) is 2.38. The molecule has 1 saturated heterocycles. The third kappa shape index (κ3) is 4.48. The minimum atomic E-state index is -0.970. The number of cyclic esters (lactones) is 1. The summed E-state index contributed by atoms with van der Waals surface area (Å²) < 4.78 is 9.86. The lowest BCUT2D eigenvalue weighted by molar-refractivity contribution is -0.173. The lowest BCUT2D eigenvalue weighted by Gasteiger charge is -2.32. The Balaban J connectivity index is 1.86. The van der Waals surface area contributed by atoms with Crippen LogP contribution in [0.1, 0.15) is 43.5 Å². The number of carbonyl (C=O) groups is 4. The zero-order chi connectivity index (χ0) is 17.0. The Bertz CT molecular complexity index is 612. The van der Waals surface area contributed by atoms with Gasteiger partial charge in [0.1, 0.15) is 11.5 Å². The highest BCUT2D eigenvalue weighted by Crippen LogP contribution is 2.28. The van der Waals surface area contributed by atoms with Crippen LogP contribution >= 0.6 is 0 Å². The zero-order valence-electron chi connectivity index (χ0n) is 13.0. The number of ketones is 1. The van der Waals surface area contributed by atoms with E-state index in [4.69, 9.17) is 9.47 Å². The van der Waals surface area contributed by atoms with Gasteiger partial charge >= 0.3 is 17.9 Å². The van der Waals surface area contributed by atoms with Gasteiger partial charge < -0.3 is 9.47 Å². The summed E-state index contributed by atoms with van der Waals surface area (Å²) in [6, 6.07) is 8.10. The molecule has 0 bridgehead atoms. The van der Waals surface area contributed by atoms with Crippen LogP contribution in [-0.4, -0.2) is 29.3 Å². The molecule has 1 aliphatic heterocycles. The standard InChI is InChI=1S/C17H18O6/c1-17(2)10-13(18)12(16(21)23-17)8-9-14(19)22-15(20)11-6-4-3-5-7-11/h3-7,12H,8-10H2,1-2H3. The van der Waals surface area contributed by atoms with E-state index in [9.17, 15) is 19.2 Å². The number of hydrogen-bond acceptors (Lipinski definition) is 6. The van der Waals surface area contributed by atoms with Crippen LogP contribution in [-0.2, 0) is 23.9 Å². The topological polar surface area (TPSA) is 86.7 Å². The van der Waals surface area contributed by atoms with E-state index >= 15 is 0 Å². The van der Waals surface area contributed by atoms with Crippen LogP contribution in [0.25, 0.3) is 0 Å². The number of Topliss-reactive ketones (excluding diaryl/α,β-unsaturated/α-hetero) is 1. The molecule has 0 aliphatic carbocycles. The summed E-state index contributed by atoms with van der Waals surface area (Å²) in [5.74, 6) is -3.39. The number of ether oxygens (including phenoxy) is 2. The van der Waals surface area contributed by atoms with Crippen LogP contribution in [0.5, 0.6) is 0 Å². The van der Waals surface area contributed by atoms with Crippen LogP contribution in [0.2, 0.25) is 0 Å². The molecule has 2 rings (SSSR count). The first kappa shape index (κ1) is 16.9. The van der Waals surface area contributed by atoms with Crippen LogP contribution < -0.4 is 0 Å². The van der Waals surface area contributed by atoms with E-state index in [1.807, 2.05) is 0 Å². The van der Waals surface area contributed by atoms with Gasteiger partial charge in [-0.2, -0.15) is 0 Å². The molecule has 1 atom stereocenters. The molecule has 1 heterocycles. The first-order valence-electron chi connectivity index (χ1n) is 7.34. The number of rotatable bonds is 4. The second kappa shape index (κ2) is 6.73. The van der Waals surface area contributed by atoms with Crippen molar-refractivity contribution in [2.75, 3.05) is 0 Å². The van der Waals surface area contributed by atoms with Gasteiger partial charge in [0.2, 0.25) is 0 Å². The van der Waals surface area contributed by atoms with E-state index in [2.05, 4.69) is 0 Å². The molecule has 1 fully saturated rings. The first-order chi connectivity index (χ1) is 10.8. The molecule has 1 unspecified atom stereocenters. The molecule has 0 spiro atoms. The summed E-state index contributed by atoms with van der Waals surface area (Å²) in [5.41, 5.74) is -0.551. The molecule has 23 heavy (non-hydrogen) atoms. The Kier molecular flexibility index (Phi) is 4.93. The predicted molar refractivity (Wildman–Crippen MR) is 79.4 cm³/mol. The number of esters is 3. The van der Waals surface area contributed by atoms with E-state index < -0.39 is 29.4 Å². The van der Waals surface area contributed by atoms with Crippen LogP contribution in [0.3, 0.4) is 0 Å². The molecule has 0 amide bonds. The summed E-state index contributed by atoms with van der Waals surface area (Å²) in [7, 11) is 0. The van der Waals surface area contributed by atoms with Crippen LogP contribution in [0, 0.1) is 5.92 Å². The lowest BCUT2D eigenvalue weighted by Crippen LogP contribution is -2.44. The van der Waals surface area contributed by atoms with Crippen molar-refractivity contribution in [3.05, 3.63) is 35.9 Å². The molecule has 1 aliphatic rings. The summed E-state index contributed by atoms with van der Waals surface area (Å²) in [6.45, 7) is 3.32. The van der Waals surface area contributed by atoms with Gasteiger partial charge in [0, 0.05) is 12.8 Å². The van der Waals surface area contributed by atoms with Crippen molar-refractivity contribution in [2.24, 2.45) is 5.92 Å². The predicted octanol–water partition coefficient (Wildman–Crippen LogP) is 2.06. The van der Waals surface area contributed by atoms with E-state index in [1.54, 1.807) is 32.0 Å². The third-order valence-electron chi connectivity index (χ3n) is 3.50. The van der Waals surface area contributed by atoms with Crippen molar-refractivity contribution in [3.8, 4) is 0 Å². The summed E-state index contributed by atoms with van der Waals surface area (Å²) in [6.07, 6.45) is -0.111. The van der Waals surface area contributed by atoms with Crippen molar-refractivity contribution in [2.45, 2.75) is 38.7 Å². The van der Waals surface area contributed by atoms with Gasteiger partial charge in [0.15, 0.2) is 5.78 Å². The monoisotopic (exact) mass is 318 g/mol. The first-order valence-corrected chi connectivity index (χ1v) is 7.34. The second-order valence-corrected chi connectivity index (χ2v) is 6.04. The smallest absolute Gasteiger partial charge is 0.345 e. The highest BCUT2D eigenvalue weighted by molar-refractivity contribution is 6.02. The largest absolute Gasteiger partial charge is 0.459 e. The molecule has 1 aromatic rings. The average Bonchev–Trinajstić information content (AvgIpc) is 2.46. The third-order valence-corrected chi connectivity index (χ3v) is 3.50. The van der Waals surface area contributed by atoms with Crippen LogP contribution in [0.4, 0.5) is 0 Å². The average molecular weight is 318 g/mol. The molecule has 0 saturated carbocycles. The molecular weight excluding hydrogens is 300 g/mol. The van der Waals surface area contributed by atoms with Crippen molar-refractivity contribution >= 4 is 23.7 Å². The Morgan fingerprint density at radius 2 is 1.87 bits per heavy atom. The van der Waals surface area contributed by atoms with E-state index in [-0.39, 0.29) is 30.6 Å².